The first-order chi connectivity index (χ1) is 12.0. The molecule has 2 aliphatic rings. The van der Waals surface area contributed by atoms with Gasteiger partial charge >= 0.3 is 0 Å². The summed E-state index contributed by atoms with van der Waals surface area (Å²) in [5.74, 6) is 0.643. The molecule has 0 radical (unpaired) electrons. The highest BCUT2D eigenvalue weighted by atomic mass is 32.2. The highest BCUT2D eigenvalue weighted by Crippen LogP contribution is 2.22. The largest absolute Gasteiger partial charge is 0.367 e. The Morgan fingerprint density at radius 1 is 1.24 bits per heavy atom. The van der Waals surface area contributed by atoms with Gasteiger partial charge in [-0.1, -0.05) is 19.3 Å². The number of sulfone groups is 1. The average Bonchev–Trinajstić information content (AvgIpc) is 2.96. The van der Waals surface area contributed by atoms with E-state index < -0.39 is 9.84 Å². The molecule has 1 aliphatic heterocycles. The van der Waals surface area contributed by atoms with Gasteiger partial charge in [0.15, 0.2) is 9.84 Å². The third-order valence-corrected chi connectivity index (χ3v) is 6.84. The predicted molar refractivity (Wildman–Crippen MR) is 96.3 cm³/mol. The van der Waals surface area contributed by atoms with Gasteiger partial charge < -0.3 is 10.2 Å². The van der Waals surface area contributed by atoms with E-state index in [0.29, 0.717) is 30.5 Å². The van der Waals surface area contributed by atoms with E-state index >= 15 is 0 Å². The summed E-state index contributed by atoms with van der Waals surface area (Å²) >= 11 is 0. The van der Waals surface area contributed by atoms with Crippen molar-refractivity contribution in [1.82, 2.24) is 14.9 Å². The van der Waals surface area contributed by atoms with Crippen molar-refractivity contribution in [2.75, 3.05) is 23.4 Å². The molecule has 2 fully saturated rings. The summed E-state index contributed by atoms with van der Waals surface area (Å²) in [6, 6.07) is 1.82. The van der Waals surface area contributed by atoms with Crippen molar-refractivity contribution in [3.05, 3.63) is 18.1 Å². The van der Waals surface area contributed by atoms with Crippen LogP contribution in [0.15, 0.2) is 12.4 Å². The van der Waals surface area contributed by atoms with Crippen LogP contribution in [-0.4, -0.2) is 59.3 Å². The van der Waals surface area contributed by atoms with Crippen LogP contribution in [0.1, 0.15) is 55.9 Å². The molecule has 0 aromatic carbocycles. The van der Waals surface area contributed by atoms with Crippen LogP contribution in [0.3, 0.4) is 0 Å². The number of carbonyl (C=O) groups excluding carboxylic acids is 1. The molecule has 1 aliphatic carbocycles. The monoisotopic (exact) mass is 366 g/mol. The zero-order valence-electron chi connectivity index (χ0n) is 14.6. The standard InChI is InChI=1S/C17H26N4O3S/c1-2-21(14-8-9-25(23,24)11-14)17(22)15-10-16(19-12-18-15)20-13-6-4-3-5-7-13/h10,12-14H,2-9,11H2,1H3,(H,18,19,20). The molecule has 1 saturated heterocycles. The average molecular weight is 366 g/mol. The Kier molecular flexibility index (Phi) is 5.56. The summed E-state index contributed by atoms with van der Waals surface area (Å²) in [5, 5.41) is 3.40. The van der Waals surface area contributed by atoms with Crippen LogP contribution in [0.25, 0.3) is 0 Å². The van der Waals surface area contributed by atoms with E-state index in [4.69, 9.17) is 0 Å². The molecule has 7 nitrogen and oxygen atoms in total. The lowest BCUT2D eigenvalue weighted by Crippen LogP contribution is -2.41. The Morgan fingerprint density at radius 2 is 2.00 bits per heavy atom. The zero-order valence-corrected chi connectivity index (χ0v) is 15.5. The van der Waals surface area contributed by atoms with E-state index in [2.05, 4.69) is 15.3 Å². The quantitative estimate of drug-likeness (QED) is 0.855. The summed E-state index contributed by atoms with van der Waals surface area (Å²) in [7, 11) is -3.03. The highest BCUT2D eigenvalue weighted by Gasteiger charge is 2.34. The van der Waals surface area contributed by atoms with Crippen molar-refractivity contribution in [3.8, 4) is 0 Å². The molecule has 1 aromatic rings. The second-order valence-electron chi connectivity index (χ2n) is 6.92. The topological polar surface area (TPSA) is 92.3 Å². The van der Waals surface area contributed by atoms with Crippen LogP contribution < -0.4 is 5.32 Å². The van der Waals surface area contributed by atoms with Crippen LogP contribution in [0.2, 0.25) is 0 Å². The summed E-state index contributed by atoms with van der Waals surface area (Å²) in [4.78, 5) is 22.8. The summed E-state index contributed by atoms with van der Waals surface area (Å²) < 4.78 is 23.4. The van der Waals surface area contributed by atoms with Crippen molar-refractivity contribution in [1.29, 1.82) is 0 Å². The summed E-state index contributed by atoms with van der Waals surface area (Å²) in [5.41, 5.74) is 0.319. The number of nitrogens with zero attached hydrogens (tertiary/aromatic N) is 3. The summed E-state index contributed by atoms with van der Waals surface area (Å²) in [6.07, 6.45) is 7.85. The summed E-state index contributed by atoms with van der Waals surface area (Å²) in [6.45, 7) is 2.33. The zero-order chi connectivity index (χ0) is 17.9. The van der Waals surface area contributed by atoms with E-state index in [1.165, 1.54) is 25.6 Å². The lowest BCUT2D eigenvalue weighted by atomic mass is 9.95. The first kappa shape index (κ1) is 18.1. The Balaban J connectivity index is 1.71. The molecule has 0 spiro atoms. The maximum atomic E-state index is 12.8. The maximum absolute atomic E-state index is 12.8. The third kappa shape index (κ3) is 4.48. The molecule has 25 heavy (non-hydrogen) atoms. The molecule has 3 rings (SSSR count). The number of amides is 1. The van der Waals surface area contributed by atoms with Gasteiger partial charge in [-0.2, -0.15) is 0 Å². The minimum absolute atomic E-state index is 0.0465. The molecule has 1 saturated carbocycles. The number of nitrogens with one attached hydrogen (secondary N) is 1. The van der Waals surface area contributed by atoms with Crippen LogP contribution in [-0.2, 0) is 9.84 Å². The van der Waals surface area contributed by atoms with Crippen LogP contribution in [0.5, 0.6) is 0 Å². The molecule has 138 valence electrons. The second kappa shape index (κ2) is 7.68. The van der Waals surface area contributed by atoms with Crippen LogP contribution in [0.4, 0.5) is 5.82 Å². The van der Waals surface area contributed by atoms with Crippen molar-refractivity contribution < 1.29 is 13.2 Å². The molecule has 0 bridgehead atoms. The lowest BCUT2D eigenvalue weighted by Gasteiger charge is -2.27. The maximum Gasteiger partial charge on any atom is 0.272 e. The van der Waals surface area contributed by atoms with Crippen LogP contribution >= 0.6 is 0 Å². The molecule has 1 N–H and O–H groups in total. The Morgan fingerprint density at radius 3 is 2.64 bits per heavy atom. The normalized spacial score (nSPS) is 23.3. The Hall–Kier alpha value is -1.70. The van der Waals surface area contributed by atoms with E-state index in [-0.39, 0.29) is 23.5 Å². The van der Waals surface area contributed by atoms with Crippen LogP contribution in [0, 0.1) is 0 Å². The first-order valence-corrected chi connectivity index (χ1v) is 10.9. The number of hydrogen-bond acceptors (Lipinski definition) is 6. The molecule has 1 amide bonds. The predicted octanol–water partition coefficient (Wildman–Crippen LogP) is 1.87. The Labute approximate surface area is 149 Å². The van der Waals surface area contributed by atoms with Crippen molar-refractivity contribution in [2.45, 2.75) is 57.5 Å². The van der Waals surface area contributed by atoms with E-state index in [9.17, 15) is 13.2 Å². The Bertz CT molecular complexity index is 716. The third-order valence-electron chi connectivity index (χ3n) is 5.09. The van der Waals surface area contributed by atoms with Gasteiger partial charge in [-0.25, -0.2) is 18.4 Å². The van der Waals surface area contributed by atoms with Crippen molar-refractivity contribution in [2.24, 2.45) is 0 Å². The molecule has 8 heteroatoms. The minimum atomic E-state index is -3.03. The molecular weight excluding hydrogens is 340 g/mol. The number of carbonyl (C=O) groups is 1. The molecule has 1 aromatic heterocycles. The number of hydrogen-bond donors (Lipinski definition) is 1. The number of rotatable bonds is 5. The highest BCUT2D eigenvalue weighted by molar-refractivity contribution is 7.91. The van der Waals surface area contributed by atoms with Crippen molar-refractivity contribution >= 4 is 21.6 Å². The minimum Gasteiger partial charge on any atom is -0.367 e. The number of aromatic nitrogens is 2. The van der Waals surface area contributed by atoms with Gasteiger partial charge in [0, 0.05) is 24.7 Å². The SMILES string of the molecule is CCN(C(=O)c1cc(NC2CCCCC2)ncn1)C1CCS(=O)(=O)C1. The van der Waals surface area contributed by atoms with Gasteiger partial charge in [-0.05, 0) is 26.2 Å². The van der Waals surface area contributed by atoms with Gasteiger partial charge in [0.1, 0.15) is 17.8 Å². The van der Waals surface area contributed by atoms with Gasteiger partial charge in [0.2, 0.25) is 0 Å². The van der Waals surface area contributed by atoms with Crippen molar-refractivity contribution in [3.63, 3.8) is 0 Å². The second-order valence-corrected chi connectivity index (χ2v) is 9.14. The lowest BCUT2D eigenvalue weighted by molar-refractivity contribution is 0.0702. The van der Waals surface area contributed by atoms with Gasteiger partial charge in [-0.15, -0.1) is 0 Å². The van der Waals surface area contributed by atoms with E-state index in [0.717, 1.165) is 12.8 Å². The fraction of sp³-hybridized carbons (Fsp3) is 0.706. The fourth-order valence-electron chi connectivity index (χ4n) is 3.75. The fourth-order valence-corrected chi connectivity index (χ4v) is 5.48. The van der Waals surface area contributed by atoms with Gasteiger partial charge in [-0.3, -0.25) is 4.79 Å². The molecular formula is C17H26N4O3S. The van der Waals surface area contributed by atoms with Gasteiger partial charge in [0.05, 0.1) is 11.5 Å². The number of anilines is 1. The molecule has 2 heterocycles. The first-order valence-electron chi connectivity index (χ1n) is 9.08. The molecule has 1 unspecified atom stereocenters. The van der Waals surface area contributed by atoms with E-state index in [1.54, 1.807) is 11.0 Å². The smallest absolute Gasteiger partial charge is 0.272 e. The van der Waals surface area contributed by atoms with Gasteiger partial charge in [0.25, 0.3) is 5.91 Å². The van der Waals surface area contributed by atoms with E-state index in [1.807, 2.05) is 6.92 Å². The molecule has 1 atom stereocenters.